The molecule has 1 aliphatic heterocycles. The first-order valence-electron chi connectivity index (χ1n) is 6.56. The van der Waals surface area contributed by atoms with Crippen LogP contribution in [0.2, 0.25) is 0 Å². The van der Waals surface area contributed by atoms with Crippen LogP contribution >= 0.6 is 0 Å². The molecule has 0 amide bonds. The minimum Gasteiger partial charge on any atom is -0.399 e. The Bertz CT molecular complexity index is 592. The second-order valence-corrected chi connectivity index (χ2v) is 4.82. The molecular formula is C13H17N5O2. The molecule has 0 bridgehead atoms. The summed E-state index contributed by atoms with van der Waals surface area (Å²) < 4.78 is 12.8. The van der Waals surface area contributed by atoms with Crippen molar-refractivity contribution in [3.05, 3.63) is 23.8 Å². The Hall–Kier alpha value is -1.99. The van der Waals surface area contributed by atoms with Crippen LogP contribution in [0.3, 0.4) is 0 Å². The van der Waals surface area contributed by atoms with Gasteiger partial charge in [0.1, 0.15) is 6.10 Å². The van der Waals surface area contributed by atoms with E-state index in [0.29, 0.717) is 32.2 Å². The molecule has 3 rings (SSSR count). The lowest BCUT2D eigenvalue weighted by Crippen LogP contribution is -2.32. The number of nitrogen functional groups attached to an aromatic ring is 1. The molecule has 106 valence electrons. The van der Waals surface area contributed by atoms with E-state index >= 15 is 0 Å². The van der Waals surface area contributed by atoms with Crippen LogP contribution in [-0.2, 0) is 16.0 Å². The number of nitrogens with two attached hydrogens (primary N) is 1. The summed E-state index contributed by atoms with van der Waals surface area (Å²) in [5.41, 5.74) is 8.55. The topological polar surface area (TPSA) is 88.1 Å². The van der Waals surface area contributed by atoms with Crippen molar-refractivity contribution in [1.29, 1.82) is 0 Å². The number of nitrogens with zero attached hydrogens (tertiary/aromatic N) is 4. The molecule has 2 aromatic rings. The first-order valence-corrected chi connectivity index (χ1v) is 6.56. The van der Waals surface area contributed by atoms with E-state index < -0.39 is 0 Å². The molecule has 0 radical (unpaired) electrons. The molecule has 0 spiro atoms. The van der Waals surface area contributed by atoms with Crippen LogP contribution in [0.5, 0.6) is 0 Å². The van der Waals surface area contributed by atoms with Crippen molar-refractivity contribution in [1.82, 2.24) is 20.2 Å². The zero-order valence-corrected chi connectivity index (χ0v) is 11.3. The Labute approximate surface area is 116 Å². The van der Waals surface area contributed by atoms with Crippen molar-refractivity contribution in [2.75, 3.05) is 25.6 Å². The summed E-state index contributed by atoms with van der Waals surface area (Å²) in [5.74, 6) is 0.710. The van der Waals surface area contributed by atoms with Gasteiger partial charge in [0, 0.05) is 11.3 Å². The highest BCUT2D eigenvalue weighted by Gasteiger charge is 2.18. The Balaban J connectivity index is 1.83. The molecule has 1 fully saturated rings. The molecule has 1 aromatic heterocycles. The van der Waals surface area contributed by atoms with Crippen molar-refractivity contribution >= 4 is 5.69 Å². The summed E-state index contributed by atoms with van der Waals surface area (Å²) in [7, 11) is 0. The molecule has 1 saturated heterocycles. The highest BCUT2D eigenvalue weighted by Crippen LogP contribution is 2.21. The first kappa shape index (κ1) is 13.0. The summed E-state index contributed by atoms with van der Waals surface area (Å²) in [6, 6.07) is 5.77. The van der Waals surface area contributed by atoms with Gasteiger partial charge in [0.15, 0.2) is 5.82 Å². The summed E-state index contributed by atoms with van der Waals surface area (Å²) in [5, 5.41) is 11.9. The molecule has 1 unspecified atom stereocenters. The maximum atomic E-state index is 5.83. The molecule has 0 saturated carbocycles. The molecule has 1 aliphatic rings. The number of aryl methyl sites for hydroxylation is 1. The van der Waals surface area contributed by atoms with Crippen molar-refractivity contribution in [2.45, 2.75) is 19.6 Å². The van der Waals surface area contributed by atoms with Gasteiger partial charge in [0.05, 0.1) is 26.4 Å². The van der Waals surface area contributed by atoms with Gasteiger partial charge in [-0.2, -0.15) is 0 Å². The van der Waals surface area contributed by atoms with Crippen LogP contribution in [-0.4, -0.2) is 46.1 Å². The zero-order valence-electron chi connectivity index (χ0n) is 11.3. The quantitative estimate of drug-likeness (QED) is 0.827. The normalized spacial score (nSPS) is 19.1. The fraction of sp³-hybridized carbons (Fsp3) is 0.462. The lowest BCUT2D eigenvalue weighted by molar-refractivity contribution is -0.0946. The highest BCUT2D eigenvalue weighted by molar-refractivity contribution is 5.61. The molecule has 7 nitrogen and oxygen atoms in total. The summed E-state index contributed by atoms with van der Waals surface area (Å²) in [6.45, 7) is 4.37. The third kappa shape index (κ3) is 2.63. The maximum absolute atomic E-state index is 5.83. The van der Waals surface area contributed by atoms with Gasteiger partial charge in [0.2, 0.25) is 0 Å². The van der Waals surface area contributed by atoms with Gasteiger partial charge in [-0.3, -0.25) is 0 Å². The number of tetrazole rings is 1. The molecule has 7 heteroatoms. The summed E-state index contributed by atoms with van der Waals surface area (Å²) in [4.78, 5) is 0. The predicted octanol–water partition coefficient (Wildman–Crippen LogP) is 0.646. The van der Waals surface area contributed by atoms with Gasteiger partial charge >= 0.3 is 0 Å². The minimum absolute atomic E-state index is 0.0131. The van der Waals surface area contributed by atoms with Crippen LogP contribution in [0.4, 0.5) is 5.69 Å². The number of ether oxygens (including phenoxy) is 2. The Morgan fingerprint density at radius 3 is 3.05 bits per heavy atom. The number of hydrogen-bond donors (Lipinski definition) is 1. The van der Waals surface area contributed by atoms with E-state index in [0.717, 1.165) is 16.8 Å². The van der Waals surface area contributed by atoms with E-state index in [1.54, 1.807) is 4.68 Å². The van der Waals surface area contributed by atoms with E-state index in [2.05, 4.69) is 15.5 Å². The third-order valence-electron chi connectivity index (χ3n) is 3.32. The lowest BCUT2D eigenvalue weighted by atomic mass is 10.1. The average molecular weight is 275 g/mol. The Kier molecular flexibility index (Phi) is 3.62. The molecule has 1 atom stereocenters. The molecule has 1 aromatic carbocycles. The fourth-order valence-corrected chi connectivity index (χ4v) is 2.18. The second kappa shape index (κ2) is 5.56. The SMILES string of the molecule is Cc1cc(-c2nnnn2CC2COCCO2)ccc1N. The lowest BCUT2D eigenvalue weighted by Gasteiger charge is -2.22. The average Bonchev–Trinajstić information content (AvgIpc) is 2.91. The number of rotatable bonds is 3. The third-order valence-corrected chi connectivity index (χ3v) is 3.32. The van der Waals surface area contributed by atoms with Crippen molar-refractivity contribution in [3.8, 4) is 11.4 Å². The maximum Gasteiger partial charge on any atom is 0.182 e. The smallest absolute Gasteiger partial charge is 0.182 e. The van der Waals surface area contributed by atoms with E-state index in [4.69, 9.17) is 15.2 Å². The Morgan fingerprint density at radius 1 is 1.40 bits per heavy atom. The van der Waals surface area contributed by atoms with E-state index in [-0.39, 0.29) is 6.10 Å². The van der Waals surface area contributed by atoms with Gasteiger partial charge < -0.3 is 15.2 Å². The monoisotopic (exact) mass is 275 g/mol. The van der Waals surface area contributed by atoms with Crippen LogP contribution in [0.25, 0.3) is 11.4 Å². The summed E-state index contributed by atoms with van der Waals surface area (Å²) >= 11 is 0. The zero-order chi connectivity index (χ0) is 13.9. The molecule has 2 heterocycles. The summed E-state index contributed by atoms with van der Waals surface area (Å²) in [6.07, 6.45) is -0.0131. The first-order chi connectivity index (χ1) is 9.74. The van der Waals surface area contributed by atoms with E-state index in [1.807, 2.05) is 25.1 Å². The second-order valence-electron chi connectivity index (χ2n) is 4.82. The number of hydrogen-bond acceptors (Lipinski definition) is 6. The van der Waals surface area contributed by atoms with Crippen LogP contribution in [0.1, 0.15) is 5.56 Å². The van der Waals surface area contributed by atoms with Crippen LogP contribution in [0.15, 0.2) is 18.2 Å². The minimum atomic E-state index is -0.0131. The van der Waals surface area contributed by atoms with Crippen molar-refractivity contribution in [3.63, 3.8) is 0 Å². The van der Waals surface area contributed by atoms with Gasteiger partial charge in [0.25, 0.3) is 0 Å². The van der Waals surface area contributed by atoms with Gasteiger partial charge in [-0.15, -0.1) is 5.10 Å². The number of anilines is 1. The predicted molar refractivity (Wildman–Crippen MR) is 73.0 cm³/mol. The molecular weight excluding hydrogens is 258 g/mol. The molecule has 0 aliphatic carbocycles. The van der Waals surface area contributed by atoms with Crippen molar-refractivity contribution < 1.29 is 9.47 Å². The van der Waals surface area contributed by atoms with Crippen LogP contribution < -0.4 is 5.73 Å². The van der Waals surface area contributed by atoms with E-state index in [9.17, 15) is 0 Å². The van der Waals surface area contributed by atoms with Crippen LogP contribution in [0, 0.1) is 6.92 Å². The standard InChI is InChI=1S/C13H17N5O2/c1-9-6-10(2-3-12(9)14)13-15-16-17-18(13)7-11-8-19-4-5-20-11/h2-3,6,11H,4-5,7-8,14H2,1H3. The largest absolute Gasteiger partial charge is 0.399 e. The number of aromatic nitrogens is 4. The number of benzene rings is 1. The molecule has 2 N–H and O–H groups in total. The van der Waals surface area contributed by atoms with Gasteiger partial charge in [-0.05, 0) is 41.1 Å². The highest BCUT2D eigenvalue weighted by atomic mass is 16.6. The van der Waals surface area contributed by atoms with Gasteiger partial charge in [-0.25, -0.2) is 4.68 Å². The Morgan fingerprint density at radius 2 is 2.30 bits per heavy atom. The van der Waals surface area contributed by atoms with Gasteiger partial charge in [-0.1, -0.05) is 0 Å². The molecule has 20 heavy (non-hydrogen) atoms. The van der Waals surface area contributed by atoms with E-state index in [1.165, 1.54) is 0 Å². The van der Waals surface area contributed by atoms with Crippen molar-refractivity contribution in [2.24, 2.45) is 0 Å². The fourth-order valence-electron chi connectivity index (χ4n) is 2.18.